The van der Waals surface area contributed by atoms with Gasteiger partial charge in [-0.05, 0) is 39.7 Å². The molecule has 5 heteroatoms. The molecule has 1 aromatic heterocycles. The van der Waals surface area contributed by atoms with Crippen molar-refractivity contribution in [3.8, 4) is 0 Å². The fraction of sp³-hybridized carbons (Fsp3) is 0.714. The molecule has 0 saturated carbocycles. The van der Waals surface area contributed by atoms with E-state index in [2.05, 4.69) is 27.1 Å². The highest BCUT2D eigenvalue weighted by Gasteiger charge is 2.16. The number of piperidine rings is 1. The Morgan fingerprint density at radius 3 is 3.00 bits per heavy atom. The zero-order chi connectivity index (χ0) is 13.7. The Morgan fingerprint density at radius 2 is 2.26 bits per heavy atom. The summed E-state index contributed by atoms with van der Waals surface area (Å²) in [5, 5.41) is 3.82. The number of likely N-dealkylation sites (tertiary alicyclic amines) is 1. The molecule has 4 nitrogen and oxygen atoms in total. The lowest BCUT2D eigenvalue weighted by Crippen LogP contribution is -2.38. The summed E-state index contributed by atoms with van der Waals surface area (Å²) in [6, 6.07) is 2.52. The van der Waals surface area contributed by atoms with Gasteiger partial charge in [-0.15, -0.1) is 0 Å². The Hall–Kier alpha value is -0.870. The van der Waals surface area contributed by atoms with E-state index < -0.39 is 0 Å². The predicted molar refractivity (Wildman–Crippen MR) is 79.8 cm³/mol. The van der Waals surface area contributed by atoms with Crippen LogP contribution in [0.25, 0.3) is 0 Å². The number of nitrogens with zero attached hydrogens (tertiary/aromatic N) is 3. The van der Waals surface area contributed by atoms with E-state index in [1.165, 1.54) is 25.8 Å². The van der Waals surface area contributed by atoms with Crippen LogP contribution in [0.15, 0.2) is 6.07 Å². The lowest BCUT2D eigenvalue weighted by Gasteiger charge is -2.33. The van der Waals surface area contributed by atoms with Crippen molar-refractivity contribution < 1.29 is 0 Å². The van der Waals surface area contributed by atoms with Gasteiger partial charge in [0.15, 0.2) is 0 Å². The van der Waals surface area contributed by atoms with Crippen molar-refractivity contribution in [3.63, 3.8) is 0 Å². The topological polar surface area (TPSA) is 41.1 Å². The third kappa shape index (κ3) is 4.62. The number of halogens is 1. The number of hydrogen-bond donors (Lipinski definition) is 1. The maximum absolute atomic E-state index is 5.90. The van der Waals surface area contributed by atoms with Crippen molar-refractivity contribution >= 4 is 17.4 Å². The number of anilines is 1. The van der Waals surface area contributed by atoms with E-state index in [-0.39, 0.29) is 0 Å². The number of nitrogens with one attached hydrogen (secondary N) is 1. The molecule has 1 atom stereocenters. The van der Waals surface area contributed by atoms with Crippen molar-refractivity contribution in [1.82, 2.24) is 14.9 Å². The summed E-state index contributed by atoms with van der Waals surface area (Å²) >= 11 is 5.90. The molecule has 1 unspecified atom stereocenters. The zero-order valence-electron chi connectivity index (χ0n) is 11.8. The van der Waals surface area contributed by atoms with E-state index in [4.69, 9.17) is 11.6 Å². The second-order valence-corrected chi connectivity index (χ2v) is 5.67. The van der Waals surface area contributed by atoms with E-state index in [1.54, 1.807) is 6.07 Å². The number of rotatable bonds is 5. The first kappa shape index (κ1) is 14.5. The predicted octanol–water partition coefficient (Wildman–Crippen LogP) is 3.11. The molecule has 19 heavy (non-hydrogen) atoms. The summed E-state index contributed by atoms with van der Waals surface area (Å²) in [5.74, 6) is 1.53. The average molecular weight is 283 g/mol. The molecule has 1 saturated heterocycles. The Balaban J connectivity index is 1.71. The van der Waals surface area contributed by atoms with Crippen LogP contribution in [0.3, 0.4) is 0 Å². The van der Waals surface area contributed by atoms with Gasteiger partial charge in [0.1, 0.15) is 16.8 Å². The van der Waals surface area contributed by atoms with Gasteiger partial charge in [0.25, 0.3) is 0 Å². The summed E-state index contributed by atoms with van der Waals surface area (Å²) in [6.07, 6.45) is 5.20. The molecule has 0 bridgehead atoms. The summed E-state index contributed by atoms with van der Waals surface area (Å²) in [5.41, 5.74) is 0. The van der Waals surface area contributed by atoms with Crippen molar-refractivity contribution in [3.05, 3.63) is 17.0 Å². The maximum Gasteiger partial charge on any atom is 0.134 e. The Bertz CT molecular complexity index is 390. The van der Waals surface area contributed by atoms with Crippen LogP contribution in [-0.4, -0.2) is 40.5 Å². The van der Waals surface area contributed by atoms with Crippen LogP contribution < -0.4 is 5.32 Å². The molecule has 0 aromatic carbocycles. The van der Waals surface area contributed by atoms with Gasteiger partial charge in [0.05, 0.1) is 0 Å². The summed E-state index contributed by atoms with van der Waals surface area (Å²) in [6.45, 7) is 7.52. The van der Waals surface area contributed by atoms with Gasteiger partial charge in [-0.1, -0.05) is 18.0 Å². The Labute approximate surface area is 120 Å². The molecular weight excluding hydrogens is 260 g/mol. The maximum atomic E-state index is 5.90. The highest BCUT2D eigenvalue weighted by molar-refractivity contribution is 6.29. The number of hydrogen-bond acceptors (Lipinski definition) is 4. The van der Waals surface area contributed by atoms with Crippen LogP contribution in [0.5, 0.6) is 0 Å². The third-order valence-corrected chi connectivity index (χ3v) is 3.87. The largest absolute Gasteiger partial charge is 0.370 e. The van der Waals surface area contributed by atoms with Gasteiger partial charge in [-0.25, -0.2) is 9.97 Å². The van der Waals surface area contributed by atoms with E-state index >= 15 is 0 Å². The quantitative estimate of drug-likeness (QED) is 0.665. The highest BCUT2D eigenvalue weighted by atomic mass is 35.5. The van der Waals surface area contributed by atoms with Crippen LogP contribution in [-0.2, 0) is 0 Å². The van der Waals surface area contributed by atoms with E-state index in [0.717, 1.165) is 31.4 Å². The van der Waals surface area contributed by atoms with Crippen molar-refractivity contribution in [2.75, 3.05) is 25.0 Å². The van der Waals surface area contributed by atoms with E-state index in [0.29, 0.717) is 11.0 Å². The monoisotopic (exact) mass is 282 g/mol. The molecular formula is C14H23ClN4. The van der Waals surface area contributed by atoms with Gasteiger partial charge in [-0.3, -0.25) is 0 Å². The molecule has 1 aliphatic rings. The summed E-state index contributed by atoms with van der Waals surface area (Å²) < 4.78 is 0. The highest BCUT2D eigenvalue weighted by Crippen LogP contribution is 2.16. The van der Waals surface area contributed by atoms with Crippen LogP contribution >= 0.6 is 11.6 Å². The lowest BCUT2D eigenvalue weighted by atomic mass is 10.0. The van der Waals surface area contributed by atoms with Gasteiger partial charge in [0, 0.05) is 25.2 Å². The second-order valence-electron chi connectivity index (χ2n) is 5.28. The molecule has 1 aliphatic heterocycles. The van der Waals surface area contributed by atoms with Crippen LogP contribution in [0.1, 0.15) is 38.4 Å². The van der Waals surface area contributed by atoms with E-state index in [1.807, 2.05) is 6.92 Å². The molecule has 1 fully saturated rings. The standard InChI is InChI=1S/C14H23ClN4/c1-11-6-3-4-8-19(11)9-5-7-16-14-10-13(15)17-12(2)18-14/h10-11H,3-9H2,1-2H3,(H,16,17,18). The molecule has 0 aliphatic carbocycles. The van der Waals surface area contributed by atoms with Gasteiger partial charge >= 0.3 is 0 Å². The third-order valence-electron chi connectivity index (χ3n) is 3.68. The molecule has 1 aromatic rings. The minimum Gasteiger partial charge on any atom is -0.370 e. The van der Waals surface area contributed by atoms with Crippen LogP contribution in [0.2, 0.25) is 5.15 Å². The van der Waals surface area contributed by atoms with Crippen molar-refractivity contribution in [1.29, 1.82) is 0 Å². The molecule has 0 amide bonds. The fourth-order valence-corrected chi connectivity index (χ4v) is 2.84. The smallest absolute Gasteiger partial charge is 0.134 e. The van der Waals surface area contributed by atoms with Crippen molar-refractivity contribution in [2.24, 2.45) is 0 Å². The first-order chi connectivity index (χ1) is 9.15. The number of aryl methyl sites for hydroxylation is 1. The van der Waals surface area contributed by atoms with Gasteiger partial charge in [0.2, 0.25) is 0 Å². The average Bonchev–Trinajstić information content (AvgIpc) is 2.35. The first-order valence-corrected chi connectivity index (χ1v) is 7.52. The van der Waals surface area contributed by atoms with E-state index in [9.17, 15) is 0 Å². The normalized spacial score (nSPS) is 20.5. The fourth-order valence-electron chi connectivity index (χ4n) is 2.61. The van der Waals surface area contributed by atoms with Crippen molar-refractivity contribution in [2.45, 2.75) is 45.6 Å². The zero-order valence-corrected chi connectivity index (χ0v) is 12.6. The molecule has 0 spiro atoms. The summed E-state index contributed by atoms with van der Waals surface area (Å²) in [7, 11) is 0. The minimum absolute atomic E-state index is 0.500. The van der Waals surface area contributed by atoms with Gasteiger partial charge < -0.3 is 10.2 Å². The molecule has 2 rings (SSSR count). The van der Waals surface area contributed by atoms with Crippen LogP contribution in [0.4, 0.5) is 5.82 Å². The lowest BCUT2D eigenvalue weighted by molar-refractivity contribution is 0.160. The molecule has 1 N–H and O–H groups in total. The molecule has 0 radical (unpaired) electrons. The Kier molecular flexibility index (Phi) is 5.40. The Morgan fingerprint density at radius 1 is 1.42 bits per heavy atom. The SMILES string of the molecule is Cc1nc(Cl)cc(NCCCN2CCCCC2C)n1. The number of aromatic nitrogens is 2. The summed E-state index contributed by atoms with van der Waals surface area (Å²) in [4.78, 5) is 11.0. The second kappa shape index (κ2) is 7.06. The minimum atomic E-state index is 0.500. The van der Waals surface area contributed by atoms with Crippen LogP contribution in [0, 0.1) is 6.92 Å². The first-order valence-electron chi connectivity index (χ1n) is 7.14. The molecule has 2 heterocycles. The van der Waals surface area contributed by atoms with Gasteiger partial charge in [-0.2, -0.15) is 0 Å². The molecule has 106 valence electrons.